The molecule has 3 rings (SSSR count). The van der Waals surface area contributed by atoms with Crippen molar-refractivity contribution in [3.05, 3.63) is 59.9 Å². The number of nitrogens with zero attached hydrogens (tertiary/aromatic N) is 2. The van der Waals surface area contributed by atoms with Crippen molar-refractivity contribution in [1.82, 2.24) is 4.98 Å². The summed E-state index contributed by atoms with van der Waals surface area (Å²) in [7, 11) is 0. The normalized spacial score (nSPS) is 17.6. The highest BCUT2D eigenvalue weighted by molar-refractivity contribution is 5.80. The maximum Gasteiger partial charge on any atom is 0.311 e. The first-order valence-electron chi connectivity index (χ1n) is 6.71. The van der Waals surface area contributed by atoms with Crippen LogP contribution in [0.25, 0.3) is 0 Å². The fraction of sp³-hybridized carbons (Fsp3) is 0.250. The summed E-state index contributed by atoms with van der Waals surface area (Å²) in [5.74, 6) is -1.13. The molecule has 0 radical (unpaired) electrons. The van der Waals surface area contributed by atoms with Gasteiger partial charge in [-0.25, -0.2) is 0 Å². The second-order valence-corrected chi connectivity index (χ2v) is 5.02. The minimum absolute atomic E-state index is 0.392. The van der Waals surface area contributed by atoms with Crippen molar-refractivity contribution in [3.8, 4) is 0 Å². The fourth-order valence-corrected chi connectivity index (χ4v) is 2.76. The maximum atomic E-state index is 11.4. The van der Waals surface area contributed by atoms with Crippen LogP contribution in [0, 0.1) is 0 Å². The Kier molecular flexibility index (Phi) is 3.37. The summed E-state index contributed by atoms with van der Waals surface area (Å²) >= 11 is 0. The Balaban J connectivity index is 1.91. The number of fused-ring (bicyclic) bond motifs is 1. The van der Waals surface area contributed by atoms with Crippen LogP contribution in [0.3, 0.4) is 0 Å². The van der Waals surface area contributed by atoms with Gasteiger partial charge in [-0.15, -0.1) is 0 Å². The number of carbonyl (C=O) groups is 1. The fourth-order valence-electron chi connectivity index (χ4n) is 2.76. The maximum absolute atomic E-state index is 11.4. The molecule has 1 N–H and O–H groups in total. The van der Waals surface area contributed by atoms with E-state index in [1.807, 2.05) is 42.6 Å². The van der Waals surface area contributed by atoms with E-state index in [1.54, 1.807) is 6.20 Å². The molecule has 1 aliphatic rings. The molecule has 0 aliphatic carbocycles. The highest BCUT2D eigenvalue weighted by Crippen LogP contribution is 2.35. The number of benzene rings is 1. The molecule has 1 unspecified atom stereocenters. The quantitative estimate of drug-likeness (QED) is 0.929. The van der Waals surface area contributed by atoms with Crippen molar-refractivity contribution >= 4 is 11.7 Å². The molecular weight excluding hydrogens is 252 g/mol. The lowest BCUT2D eigenvalue weighted by atomic mass is 9.90. The number of carboxylic acid groups (broad SMARTS) is 1. The lowest BCUT2D eigenvalue weighted by Crippen LogP contribution is -2.33. The van der Waals surface area contributed by atoms with E-state index in [9.17, 15) is 9.90 Å². The predicted octanol–water partition coefficient (Wildman–Crippen LogP) is 2.66. The summed E-state index contributed by atoms with van der Waals surface area (Å²) in [4.78, 5) is 17.7. The van der Waals surface area contributed by atoms with Gasteiger partial charge in [0.15, 0.2) is 0 Å². The summed E-state index contributed by atoms with van der Waals surface area (Å²) in [5, 5.41) is 9.33. The third-order valence-electron chi connectivity index (χ3n) is 3.73. The summed E-state index contributed by atoms with van der Waals surface area (Å²) < 4.78 is 0. The average molecular weight is 268 g/mol. The number of aromatic nitrogens is 1. The highest BCUT2D eigenvalue weighted by atomic mass is 16.4. The number of aliphatic carboxylic acids is 1. The van der Waals surface area contributed by atoms with E-state index in [2.05, 4.69) is 9.88 Å². The van der Waals surface area contributed by atoms with Crippen molar-refractivity contribution in [3.63, 3.8) is 0 Å². The summed E-state index contributed by atoms with van der Waals surface area (Å²) in [5.41, 5.74) is 3.07. The van der Waals surface area contributed by atoms with E-state index in [0.717, 1.165) is 29.9 Å². The number of carboxylic acids is 1. The number of para-hydroxylation sites is 1. The van der Waals surface area contributed by atoms with Gasteiger partial charge < -0.3 is 10.0 Å². The standard InChI is InChI=1S/C16H16N2O2/c19-16(20)14-7-9-18(11-12-4-3-8-17-10-12)15-6-2-1-5-13(14)15/h1-6,8,10,14H,7,9,11H2,(H,19,20). The van der Waals surface area contributed by atoms with Crippen LogP contribution < -0.4 is 4.90 Å². The molecule has 0 saturated heterocycles. The van der Waals surface area contributed by atoms with Gasteiger partial charge in [0.1, 0.15) is 0 Å². The molecule has 4 heteroatoms. The van der Waals surface area contributed by atoms with Crippen LogP contribution in [0.2, 0.25) is 0 Å². The van der Waals surface area contributed by atoms with E-state index in [0.29, 0.717) is 6.42 Å². The van der Waals surface area contributed by atoms with Crippen molar-refractivity contribution in [2.75, 3.05) is 11.4 Å². The van der Waals surface area contributed by atoms with Crippen molar-refractivity contribution in [2.45, 2.75) is 18.9 Å². The minimum atomic E-state index is -0.738. The van der Waals surface area contributed by atoms with Crippen LogP contribution >= 0.6 is 0 Å². The van der Waals surface area contributed by atoms with Crippen molar-refractivity contribution in [2.24, 2.45) is 0 Å². The first-order valence-corrected chi connectivity index (χ1v) is 6.71. The number of anilines is 1. The van der Waals surface area contributed by atoms with Gasteiger partial charge in [0.05, 0.1) is 5.92 Å². The summed E-state index contributed by atoms with van der Waals surface area (Å²) in [6, 6.07) is 11.7. The zero-order valence-corrected chi connectivity index (χ0v) is 11.1. The molecule has 0 fully saturated rings. The summed E-state index contributed by atoms with van der Waals surface area (Å²) in [6.45, 7) is 1.51. The van der Waals surface area contributed by atoms with Gasteiger partial charge in [0.2, 0.25) is 0 Å². The number of rotatable bonds is 3. The zero-order valence-electron chi connectivity index (χ0n) is 11.1. The average Bonchev–Trinajstić information content (AvgIpc) is 2.48. The molecule has 0 bridgehead atoms. The van der Waals surface area contributed by atoms with Gasteiger partial charge >= 0.3 is 5.97 Å². The highest BCUT2D eigenvalue weighted by Gasteiger charge is 2.29. The Morgan fingerprint density at radius 3 is 2.90 bits per heavy atom. The molecule has 4 nitrogen and oxygen atoms in total. The summed E-state index contributed by atoms with van der Waals surface area (Å²) in [6.07, 6.45) is 4.26. The van der Waals surface area contributed by atoms with Crippen LogP contribution in [-0.2, 0) is 11.3 Å². The van der Waals surface area contributed by atoms with Crippen LogP contribution in [0.5, 0.6) is 0 Å². The first-order chi connectivity index (χ1) is 9.75. The third-order valence-corrected chi connectivity index (χ3v) is 3.73. The van der Waals surface area contributed by atoms with Gasteiger partial charge in [-0.05, 0) is 29.7 Å². The van der Waals surface area contributed by atoms with Crippen molar-refractivity contribution < 1.29 is 9.90 Å². The Morgan fingerprint density at radius 1 is 1.30 bits per heavy atom. The Labute approximate surface area is 117 Å². The molecular formula is C16H16N2O2. The van der Waals surface area contributed by atoms with Crippen LogP contribution in [0.15, 0.2) is 48.8 Å². The second-order valence-electron chi connectivity index (χ2n) is 5.02. The molecule has 1 atom stereocenters. The Bertz CT molecular complexity index is 613. The largest absolute Gasteiger partial charge is 0.481 e. The molecule has 0 saturated carbocycles. The Morgan fingerprint density at radius 2 is 2.15 bits per heavy atom. The van der Waals surface area contributed by atoms with E-state index >= 15 is 0 Å². The molecule has 102 valence electrons. The molecule has 0 amide bonds. The van der Waals surface area contributed by atoms with E-state index in [-0.39, 0.29) is 0 Å². The van der Waals surface area contributed by atoms with Crippen LogP contribution in [0.4, 0.5) is 5.69 Å². The van der Waals surface area contributed by atoms with Gasteiger partial charge in [0, 0.05) is 31.2 Å². The third kappa shape index (κ3) is 2.37. The lowest BCUT2D eigenvalue weighted by molar-refractivity contribution is -0.139. The molecule has 2 heterocycles. The SMILES string of the molecule is O=C(O)C1CCN(Cc2cccnc2)c2ccccc21. The van der Waals surface area contributed by atoms with Gasteiger partial charge in [-0.1, -0.05) is 24.3 Å². The number of hydrogen-bond donors (Lipinski definition) is 1. The molecule has 1 aliphatic heterocycles. The van der Waals surface area contributed by atoms with E-state index < -0.39 is 11.9 Å². The minimum Gasteiger partial charge on any atom is -0.481 e. The molecule has 2 aromatic rings. The molecule has 1 aromatic heterocycles. The molecule has 20 heavy (non-hydrogen) atoms. The van der Waals surface area contributed by atoms with Crippen LogP contribution in [0.1, 0.15) is 23.5 Å². The van der Waals surface area contributed by atoms with Crippen molar-refractivity contribution in [1.29, 1.82) is 0 Å². The first kappa shape index (κ1) is 12.7. The van der Waals surface area contributed by atoms with E-state index in [4.69, 9.17) is 0 Å². The molecule has 1 aromatic carbocycles. The van der Waals surface area contributed by atoms with Crippen LogP contribution in [-0.4, -0.2) is 22.6 Å². The molecule has 0 spiro atoms. The zero-order chi connectivity index (χ0) is 13.9. The van der Waals surface area contributed by atoms with Gasteiger partial charge in [0.25, 0.3) is 0 Å². The lowest BCUT2D eigenvalue weighted by Gasteiger charge is -2.34. The van der Waals surface area contributed by atoms with E-state index in [1.165, 1.54) is 0 Å². The number of hydrogen-bond acceptors (Lipinski definition) is 3. The second kappa shape index (κ2) is 5.33. The predicted molar refractivity (Wildman–Crippen MR) is 76.7 cm³/mol. The monoisotopic (exact) mass is 268 g/mol. The van der Waals surface area contributed by atoms with Gasteiger partial charge in [-0.2, -0.15) is 0 Å². The van der Waals surface area contributed by atoms with Gasteiger partial charge in [-0.3, -0.25) is 9.78 Å². The smallest absolute Gasteiger partial charge is 0.311 e. The topological polar surface area (TPSA) is 53.4 Å². The number of pyridine rings is 1. The Hall–Kier alpha value is -2.36.